The Morgan fingerprint density at radius 1 is 1.54 bits per heavy atom. The fourth-order valence-electron chi connectivity index (χ4n) is 1.27. The summed E-state index contributed by atoms with van der Waals surface area (Å²) in [6.45, 7) is 3.63. The molecule has 66 valence electrons. The van der Waals surface area contributed by atoms with Crippen molar-refractivity contribution in [3.63, 3.8) is 0 Å². The average Bonchev–Trinajstić information content (AvgIpc) is 2.52. The molecule has 2 rings (SSSR count). The van der Waals surface area contributed by atoms with E-state index in [1.165, 1.54) is 6.33 Å². The van der Waals surface area contributed by atoms with E-state index in [1.54, 1.807) is 22.7 Å². The van der Waals surface area contributed by atoms with Gasteiger partial charge in [-0.3, -0.25) is 0 Å². The quantitative estimate of drug-likeness (QED) is 0.697. The SMILES string of the molecule is C=CCc1cc(O)cc2ncnn12. The highest BCUT2D eigenvalue weighted by molar-refractivity contribution is 5.44. The number of hydrogen-bond acceptors (Lipinski definition) is 3. The van der Waals surface area contributed by atoms with E-state index < -0.39 is 0 Å². The molecule has 0 unspecified atom stereocenters. The van der Waals surface area contributed by atoms with Gasteiger partial charge in [-0.05, 0) is 0 Å². The molecule has 0 aromatic carbocycles. The van der Waals surface area contributed by atoms with Gasteiger partial charge < -0.3 is 5.11 Å². The maximum absolute atomic E-state index is 9.34. The number of aromatic nitrogens is 3. The highest BCUT2D eigenvalue weighted by Gasteiger charge is 2.02. The largest absolute Gasteiger partial charge is 0.508 e. The summed E-state index contributed by atoms with van der Waals surface area (Å²) in [5.41, 5.74) is 1.53. The van der Waals surface area contributed by atoms with Crippen LogP contribution in [0.15, 0.2) is 31.1 Å². The maximum atomic E-state index is 9.34. The molecule has 0 spiro atoms. The molecule has 0 aliphatic carbocycles. The molecule has 0 aliphatic rings. The van der Waals surface area contributed by atoms with Crippen LogP contribution in [0.2, 0.25) is 0 Å². The zero-order valence-corrected chi connectivity index (χ0v) is 7.01. The van der Waals surface area contributed by atoms with Crippen molar-refractivity contribution in [1.29, 1.82) is 0 Å². The minimum atomic E-state index is 0.206. The lowest BCUT2D eigenvalue weighted by molar-refractivity contribution is 0.473. The van der Waals surface area contributed by atoms with Crippen molar-refractivity contribution in [2.75, 3.05) is 0 Å². The molecule has 0 radical (unpaired) electrons. The first kappa shape index (κ1) is 7.79. The molecule has 0 saturated heterocycles. The predicted octanol–water partition coefficient (Wildman–Crippen LogP) is 1.16. The van der Waals surface area contributed by atoms with Gasteiger partial charge in [-0.1, -0.05) is 6.08 Å². The Hall–Kier alpha value is -1.84. The zero-order chi connectivity index (χ0) is 9.26. The lowest BCUT2D eigenvalue weighted by atomic mass is 10.2. The van der Waals surface area contributed by atoms with E-state index in [-0.39, 0.29) is 5.75 Å². The molecular weight excluding hydrogens is 166 g/mol. The van der Waals surface area contributed by atoms with Crippen LogP contribution in [0.25, 0.3) is 5.65 Å². The summed E-state index contributed by atoms with van der Waals surface area (Å²) in [7, 11) is 0. The Morgan fingerprint density at radius 2 is 2.38 bits per heavy atom. The van der Waals surface area contributed by atoms with Crippen LogP contribution in [0.5, 0.6) is 5.75 Å². The third-order valence-electron chi connectivity index (χ3n) is 1.79. The molecule has 0 atom stereocenters. The van der Waals surface area contributed by atoms with E-state index in [2.05, 4.69) is 16.7 Å². The number of pyridine rings is 1. The summed E-state index contributed by atoms with van der Waals surface area (Å²) in [4.78, 5) is 3.98. The normalized spacial score (nSPS) is 10.5. The molecule has 1 N–H and O–H groups in total. The van der Waals surface area contributed by atoms with E-state index in [0.717, 1.165) is 5.69 Å². The fraction of sp³-hybridized carbons (Fsp3) is 0.111. The first-order chi connectivity index (χ1) is 6.31. The molecule has 2 aromatic heterocycles. The van der Waals surface area contributed by atoms with Crippen molar-refractivity contribution in [2.24, 2.45) is 0 Å². The van der Waals surface area contributed by atoms with E-state index >= 15 is 0 Å². The van der Waals surface area contributed by atoms with Gasteiger partial charge >= 0.3 is 0 Å². The summed E-state index contributed by atoms with van der Waals surface area (Å²) in [5.74, 6) is 0.206. The molecule has 0 amide bonds. The van der Waals surface area contributed by atoms with Gasteiger partial charge in [-0.15, -0.1) is 6.58 Å². The summed E-state index contributed by atoms with van der Waals surface area (Å²) >= 11 is 0. The van der Waals surface area contributed by atoms with E-state index in [0.29, 0.717) is 12.1 Å². The molecule has 13 heavy (non-hydrogen) atoms. The molecule has 0 fully saturated rings. The highest BCUT2D eigenvalue weighted by atomic mass is 16.3. The van der Waals surface area contributed by atoms with Crippen LogP contribution >= 0.6 is 0 Å². The second-order valence-electron chi connectivity index (χ2n) is 2.73. The van der Waals surface area contributed by atoms with Crippen LogP contribution in [0, 0.1) is 0 Å². The summed E-state index contributed by atoms with van der Waals surface area (Å²) < 4.78 is 1.68. The van der Waals surface area contributed by atoms with E-state index in [4.69, 9.17) is 0 Å². The third-order valence-corrected chi connectivity index (χ3v) is 1.79. The Balaban J connectivity index is 2.69. The van der Waals surface area contributed by atoms with Gasteiger partial charge in [0.25, 0.3) is 0 Å². The molecule has 0 saturated carbocycles. The van der Waals surface area contributed by atoms with Gasteiger partial charge in [-0.2, -0.15) is 5.10 Å². The van der Waals surface area contributed by atoms with Crippen molar-refractivity contribution in [3.05, 3.63) is 36.8 Å². The number of allylic oxidation sites excluding steroid dienone is 1. The molecule has 0 bridgehead atoms. The smallest absolute Gasteiger partial charge is 0.159 e. The molecular formula is C9H9N3O. The summed E-state index contributed by atoms with van der Waals surface area (Å²) in [6, 6.07) is 3.23. The molecule has 2 aromatic rings. The Bertz CT molecular complexity index is 447. The van der Waals surface area contributed by atoms with Crippen LogP contribution in [-0.2, 0) is 6.42 Å². The Kier molecular flexibility index (Phi) is 1.73. The third kappa shape index (κ3) is 1.26. The van der Waals surface area contributed by atoms with Gasteiger partial charge in [0, 0.05) is 18.6 Å². The first-order valence-electron chi connectivity index (χ1n) is 3.94. The molecule has 4 nitrogen and oxygen atoms in total. The number of hydrogen-bond donors (Lipinski definition) is 1. The Labute approximate surface area is 75.2 Å². The van der Waals surface area contributed by atoms with Crippen LogP contribution < -0.4 is 0 Å². The number of aromatic hydroxyl groups is 1. The molecule has 2 heterocycles. The van der Waals surface area contributed by atoms with Gasteiger partial charge in [0.05, 0.1) is 5.69 Å². The van der Waals surface area contributed by atoms with Crippen molar-refractivity contribution in [2.45, 2.75) is 6.42 Å². The van der Waals surface area contributed by atoms with E-state index in [9.17, 15) is 5.11 Å². The second kappa shape index (κ2) is 2.90. The van der Waals surface area contributed by atoms with Crippen molar-refractivity contribution in [1.82, 2.24) is 14.6 Å². The highest BCUT2D eigenvalue weighted by Crippen LogP contribution is 2.14. The Morgan fingerprint density at radius 3 is 3.15 bits per heavy atom. The van der Waals surface area contributed by atoms with Gasteiger partial charge in [0.1, 0.15) is 12.1 Å². The first-order valence-corrected chi connectivity index (χ1v) is 3.94. The minimum Gasteiger partial charge on any atom is -0.508 e. The van der Waals surface area contributed by atoms with Crippen LogP contribution in [-0.4, -0.2) is 19.7 Å². The van der Waals surface area contributed by atoms with E-state index in [1.807, 2.05) is 0 Å². The topological polar surface area (TPSA) is 50.4 Å². The van der Waals surface area contributed by atoms with Crippen molar-refractivity contribution in [3.8, 4) is 5.75 Å². The number of fused-ring (bicyclic) bond motifs is 1. The number of rotatable bonds is 2. The molecule has 0 aliphatic heterocycles. The monoisotopic (exact) mass is 175 g/mol. The maximum Gasteiger partial charge on any atom is 0.159 e. The summed E-state index contributed by atoms with van der Waals surface area (Å²) in [6.07, 6.45) is 3.88. The van der Waals surface area contributed by atoms with Gasteiger partial charge in [0.15, 0.2) is 5.65 Å². The minimum absolute atomic E-state index is 0.206. The average molecular weight is 175 g/mol. The standard InChI is InChI=1S/C9H9N3O/c1-2-3-7-4-8(13)5-9-10-6-11-12(7)9/h2,4-6,13H,1,3H2. The second-order valence-corrected chi connectivity index (χ2v) is 2.73. The van der Waals surface area contributed by atoms with Crippen LogP contribution in [0.4, 0.5) is 0 Å². The van der Waals surface area contributed by atoms with Gasteiger partial charge in [0.2, 0.25) is 0 Å². The summed E-state index contributed by atoms with van der Waals surface area (Å²) in [5, 5.41) is 13.4. The fourth-order valence-corrected chi connectivity index (χ4v) is 1.27. The lowest BCUT2D eigenvalue weighted by Crippen LogP contribution is -1.96. The zero-order valence-electron chi connectivity index (χ0n) is 7.01. The van der Waals surface area contributed by atoms with Crippen LogP contribution in [0.1, 0.15) is 5.69 Å². The lowest BCUT2D eigenvalue weighted by Gasteiger charge is -2.01. The van der Waals surface area contributed by atoms with Crippen molar-refractivity contribution >= 4 is 5.65 Å². The van der Waals surface area contributed by atoms with Crippen LogP contribution in [0.3, 0.4) is 0 Å². The number of nitrogens with zero attached hydrogens (tertiary/aromatic N) is 3. The van der Waals surface area contributed by atoms with Gasteiger partial charge in [-0.25, -0.2) is 9.50 Å². The van der Waals surface area contributed by atoms with Crippen molar-refractivity contribution < 1.29 is 5.11 Å². The predicted molar refractivity (Wildman–Crippen MR) is 48.6 cm³/mol. The molecule has 4 heteroatoms.